The van der Waals surface area contributed by atoms with Gasteiger partial charge in [0.15, 0.2) is 6.23 Å². The Morgan fingerprint density at radius 2 is 1.94 bits per heavy atom. The standard InChI is InChI=1S/C11H12ClN3O/c12-8-4-3-7-16-11(8)15-13-9-5-1-2-6-10(9)14-15/h1-2,5-6,8,11H,3-4,7H2/t8-,11-/m0/s1. The van der Waals surface area contributed by atoms with Crippen LogP contribution < -0.4 is 0 Å². The van der Waals surface area contributed by atoms with E-state index in [-0.39, 0.29) is 11.6 Å². The Kier molecular flexibility index (Phi) is 2.53. The van der Waals surface area contributed by atoms with Gasteiger partial charge in [-0.25, -0.2) is 0 Å². The van der Waals surface area contributed by atoms with Crippen molar-refractivity contribution in [3.05, 3.63) is 24.3 Å². The fraction of sp³-hybridized carbons (Fsp3) is 0.455. The molecule has 0 N–H and O–H groups in total. The van der Waals surface area contributed by atoms with E-state index >= 15 is 0 Å². The molecule has 0 radical (unpaired) electrons. The minimum absolute atomic E-state index is 0.0458. The molecule has 3 rings (SSSR count). The summed E-state index contributed by atoms with van der Waals surface area (Å²) in [4.78, 5) is 1.60. The molecule has 2 atom stereocenters. The molecule has 0 saturated carbocycles. The van der Waals surface area contributed by atoms with Crippen LogP contribution in [-0.2, 0) is 4.74 Å². The maximum Gasteiger partial charge on any atom is 0.185 e. The first-order chi connectivity index (χ1) is 7.84. The summed E-state index contributed by atoms with van der Waals surface area (Å²) < 4.78 is 5.61. The molecule has 2 aromatic rings. The van der Waals surface area contributed by atoms with Gasteiger partial charge >= 0.3 is 0 Å². The van der Waals surface area contributed by atoms with Crippen molar-refractivity contribution in [1.82, 2.24) is 15.0 Å². The number of alkyl halides is 1. The predicted octanol–water partition coefficient (Wildman–Crippen LogP) is 2.35. The van der Waals surface area contributed by atoms with Gasteiger partial charge in [-0.3, -0.25) is 0 Å². The Hall–Kier alpha value is -1.13. The second kappa shape index (κ2) is 4.03. The average Bonchev–Trinajstić information content (AvgIpc) is 2.73. The molecule has 0 spiro atoms. The van der Waals surface area contributed by atoms with Crippen LogP contribution in [0.1, 0.15) is 19.1 Å². The number of aromatic nitrogens is 3. The molecule has 0 unspecified atom stereocenters. The number of nitrogens with zero attached hydrogens (tertiary/aromatic N) is 3. The molecule has 0 amide bonds. The van der Waals surface area contributed by atoms with Crippen molar-refractivity contribution in [2.45, 2.75) is 24.4 Å². The van der Waals surface area contributed by atoms with E-state index in [0.29, 0.717) is 0 Å². The second-order valence-electron chi connectivity index (χ2n) is 3.93. The lowest BCUT2D eigenvalue weighted by molar-refractivity contribution is -0.0439. The van der Waals surface area contributed by atoms with Gasteiger partial charge in [0.25, 0.3) is 0 Å². The highest BCUT2D eigenvalue weighted by Gasteiger charge is 2.27. The Labute approximate surface area is 98.1 Å². The molecule has 1 saturated heterocycles. The zero-order valence-corrected chi connectivity index (χ0v) is 9.47. The van der Waals surface area contributed by atoms with Crippen LogP contribution in [0.2, 0.25) is 0 Å². The van der Waals surface area contributed by atoms with E-state index in [2.05, 4.69) is 10.2 Å². The molecule has 1 fully saturated rings. The third-order valence-electron chi connectivity index (χ3n) is 2.75. The van der Waals surface area contributed by atoms with Gasteiger partial charge in [-0.15, -0.1) is 11.6 Å². The molecule has 1 aliphatic rings. The average molecular weight is 238 g/mol. The lowest BCUT2D eigenvalue weighted by Gasteiger charge is -2.26. The number of benzene rings is 1. The Bertz CT molecular complexity index is 466. The van der Waals surface area contributed by atoms with Gasteiger partial charge in [-0.1, -0.05) is 12.1 Å². The van der Waals surface area contributed by atoms with E-state index < -0.39 is 0 Å². The van der Waals surface area contributed by atoms with Crippen molar-refractivity contribution < 1.29 is 4.74 Å². The van der Waals surface area contributed by atoms with E-state index in [1.165, 1.54) is 0 Å². The number of hydrogen-bond acceptors (Lipinski definition) is 3. The molecule has 4 nitrogen and oxygen atoms in total. The lowest BCUT2D eigenvalue weighted by atomic mass is 10.2. The summed E-state index contributed by atoms with van der Waals surface area (Å²) in [5.74, 6) is 0. The van der Waals surface area contributed by atoms with Gasteiger partial charge in [0.2, 0.25) is 0 Å². The van der Waals surface area contributed by atoms with Crippen molar-refractivity contribution in [2.24, 2.45) is 0 Å². The maximum atomic E-state index is 6.22. The van der Waals surface area contributed by atoms with Gasteiger partial charge in [0.1, 0.15) is 11.0 Å². The largest absolute Gasteiger partial charge is 0.353 e. The topological polar surface area (TPSA) is 39.9 Å². The zero-order chi connectivity index (χ0) is 11.0. The highest BCUT2D eigenvalue weighted by molar-refractivity contribution is 6.20. The number of rotatable bonds is 1. The maximum absolute atomic E-state index is 6.22. The molecule has 1 aliphatic heterocycles. The molecule has 2 heterocycles. The third kappa shape index (κ3) is 1.68. The van der Waals surface area contributed by atoms with E-state index in [1.54, 1.807) is 4.80 Å². The van der Waals surface area contributed by atoms with Crippen LogP contribution in [0, 0.1) is 0 Å². The highest BCUT2D eigenvalue weighted by Crippen LogP contribution is 2.27. The van der Waals surface area contributed by atoms with Gasteiger partial charge in [0, 0.05) is 6.61 Å². The first-order valence-electron chi connectivity index (χ1n) is 5.42. The fourth-order valence-electron chi connectivity index (χ4n) is 1.93. The second-order valence-corrected chi connectivity index (χ2v) is 4.49. The SMILES string of the molecule is Cl[C@H]1CCCO[C@@H]1n1nc2ccccc2n1. The summed E-state index contributed by atoms with van der Waals surface area (Å²) in [6, 6.07) is 7.76. The zero-order valence-electron chi connectivity index (χ0n) is 8.71. The van der Waals surface area contributed by atoms with Crippen LogP contribution in [0.3, 0.4) is 0 Å². The molecule has 5 heteroatoms. The summed E-state index contributed by atoms with van der Waals surface area (Å²) in [5, 5.41) is 8.72. The quantitative estimate of drug-likeness (QED) is 0.715. The monoisotopic (exact) mass is 237 g/mol. The summed E-state index contributed by atoms with van der Waals surface area (Å²) in [7, 11) is 0. The third-order valence-corrected chi connectivity index (χ3v) is 3.19. The van der Waals surface area contributed by atoms with Crippen LogP contribution in [0.4, 0.5) is 0 Å². The summed E-state index contributed by atoms with van der Waals surface area (Å²) >= 11 is 6.22. The summed E-state index contributed by atoms with van der Waals surface area (Å²) in [6.45, 7) is 0.728. The summed E-state index contributed by atoms with van der Waals surface area (Å²) in [5.41, 5.74) is 1.75. The molecule has 0 bridgehead atoms. The van der Waals surface area contributed by atoms with E-state index in [4.69, 9.17) is 16.3 Å². The number of fused-ring (bicyclic) bond motifs is 1. The Morgan fingerprint density at radius 3 is 2.56 bits per heavy atom. The highest BCUT2D eigenvalue weighted by atomic mass is 35.5. The van der Waals surface area contributed by atoms with Crippen molar-refractivity contribution in [3.8, 4) is 0 Å². The number of ether oxygens (including phenoxy) is 1. The van der Waals surface area contributed by atoms with Crippen LogP contribution in [0.5, 0.6) is 0 Å². The lowest BCUT2D eigenvalue weighted by Crippen LogP contribution is -2.29. The molecule has 1 aromatic heterocycles. The van der Waals surface area contributed by atoms with Crippen LogP contribution in [0.15, 0.2) is 24.3 Å². The fourth-order valence-corrected chi connectivity index (χ4v) is 2.26. The molecule has 0 aliphatic carbocycles. The van der Waals surface area contributed by atoms with Crippen molar-refractivity contribution >= 4 is 22.6 Å². The van der Waals surface area contributed by atoms with Crippen molar-refractivity contribution in [3.63, 3.8) is 0 Å². The van der Waals surface area contributed by atoms with Crippen molar-refractivity contribution in [2.75, 3.05) is 6.61 Å². The van der Waals surface area contributed by atoms with Crippen LogP contribution in [0.25, 0.3) is 11.0 Å². The van der Waals surface area contributed by atoms with Crippen LogP contribution in [-0.4, -0.2) is 27.0 Å². The molecule has 1 aromatic carbocycles. The smallest absolute Gasteiger partial charge is 0.185 e. The van der Waals surface area contributed by atoms with E-state index in [9.17, 15) is 0 Å². The van der Waals surface area contributed by atoms with Gasteiger partial charge in [-0.2, -0.15) is 15.0 Å². The van der Waals surface area contributed by atoms with E-state index in [0.717, 1.165) is 30.5 Å². The predicted molar refractivity (Wildman–Crippen MR) is 61.4 cm³/mol. The molecule has 84 valence electrons. The van der Waals surface area contributed by atoms with Gasteiger partial charge in [0.05, 0.1) is 5.38 Å². The first-order valence-corrected chi connectivity index (χ1v) is 5.85. The van der Waals surface area contributed by atoms with Crippen molar-refractivity contribution in [1.29, 1.82) is 0 Å². The Morgan fingerprint density at radius 1 is 1.25 bits per heavy atom. The molecular formula is C11H12ClN3O. The first kappa shape index (κ1) is 10.1. The van der Waals surface area contributed by atoms with Gasteiger partial charge in [-0.05, 0) is 25.0 Å². The number of hydrogen-bond donors (Lipinski definition) is 0. The van der Waals surface area contributed by atoms with E-state index in [1.807, 2.05) is 24.3 Å². The summed E-state index contributed by atoms with van der Waals surface area (Å²) in [6.07, 6.45) is 1.72. The number of halogens is 1. The van der Waals surface area contributed by atoms with Crippen LogP contribution >= 0.6 is 11.6 Å². The van der Waals surface area contributed by atoms with Gasteiger partial charge < -0.3 is 4.74 Å². The Balaban J connectivity index is 1.98. The normalized spacial score (nSPS) is 26.1. The minimum Gasteiger partial charge on any atom is -0.353 e. The minimum atomic E-state index is -0.234. The molecular weight excluding hydrogens is 226 g/mol. The molecule has 16 heavy (non-hydrogen) atoms.